The van der Waals surface area contributed by atoms with Gasteiger partial charge < -0.3 is 9.84 Å². The van der Waals surface area contributed by atoms with Crippen LogP contribution in [-0.2, 0) is 21.2 Å². The van der Waals surface area contributed by atoms with E-state index in [1.165, 1.54) is 41.6 Å². The van der Waals surface area contributed by atoms with Crippen molar-refractivity contribution in [3.05, 3.63) is 59.4 Å². The molecule has 2 aromatic carbocycles. The molecule has 0 saturated heterocycles. The third-order valence-electron chi connectivity index (χ3n) is 5.56. The number of nitrogens with zero attached hydrogens (tertiary/aromatic N) is 1. The number of carbonyl (C=O) groups is 1. The molecule has 34 heavy (non-hydrogen) atoms. The summed E-state index contributed by atoms with van der Waals surface area (Å²) in [6.07, 6.45) is 1.87. The summed E-state index contributed by atoms with van der Waals surface area (Å²) in [4.78, 5) is 11.3. The smallest absolute Gasteiger partial charge is 0.347 e. The van der Waals surface area contributed by atoms with Crippen LogP contribution < -0.4 is 4.74 Å². The molecule has 0 spiro atoms. The van der Waals surface area contributed by atoms with Crippen LogP contribution in [0.4, 0.5) is 4.39 Å². The van der Waals surface area contributed by atoms with Gasteiger partial charge in [0.2, 0.25) is 0 Å². The SMILES string of the molecule is CCCN(CCCc1cccc(OC(C)(C)C(=O)O)c1)S(=O)(=O)c1sc2ccc(F)cc2c1C. The van der Waals surface area contributed by atoms with Crippen molar-refractivity contribution in [1.29, 1.82) is 0 Å². The molecule has 184 valence electrons. The summed E-state index contributed by atoms with van der Waals surface area (Å²) in [7, 11) is -3.73. The lowest BCUT2D eigenvalue weighted by atomic mass is 10.1. The van der Waals surface area contributed by atoms with Crippen molar-refractivity contribution in [3.63, 3.8) is 0 Å². The van der Waals surface area contributed by atoms with Gasteiger partial charge in [-0.1, -0.05) is 19.1 Å². The standard InChI is InChI=1S/C25H30FNO5S2/c1-5-13-27(34(30,31)23-17(2)21-16-19(26)11-12-22(21)33-23)14-7-9-18-8-6-10-20(15-18)32-25(3,4)24(28)29/h6,8,10-12,15-16H,5,7,9,13-14H2,1-4H3,(H,28,29). The maximum Gasteiger partial charge on any atom is 0.347 e. The lowest BCUT2D eigenvalue weighted by Gasteiger charge is -2.22. The number of carboxylic acid groups (broad SMARTS) is 1. The zero-order valence-corrected chi connectivity index (χ0v) is 21.4. The van der Waals surface area contributed by atoms with Crippen LogP contribution in [0.15, 0.2) is 46.7 Å². The molecule has 0 radical (unpaired) electrons. The van der Waals surface area contributed by atoms with Gasteiger partial charge in [0.25, 0.3) is 10.0 Å². The molecule has 3 aromatic rings. The van der Waals surface area contributed by atoms with Gasteiger partial charge in [0, 0.05) is 17.8 Å². The van der Waals surface area contributed by atoms with E-state index in [9.17, 15) is 22.7 Å². The fourth-order valence-corrected chi connectivity index (χ4v) is 7.15. The first-order valence-electron chi connectivity index (χ1n) is 11.2. The number of sulfonamides is 1. The van der Waals surface area contributed by atoms with Crippen molar-refractivity contribution in [3.8, 4) is 5.75 Å². The minimum absolute atomic E-state index is 0.257. The topological polar surface area (TPSA) is 83.9 Å². The van der Waals surface area contributed by atoms with Crippen LogP contribution >= 0.6 is 11.3 Å². The minimum atomic E-state index is -3.73. The van der Waals surface area contributed by atoms with Crippen LogP contribution in [0.5, 0.6) is 5.75 Å². The largest absolute Gasteiger partial charge is 0.478 e. The summed E-state index contributed by atoms with van der Waals surface area (Å²) in [5.74, 6) is -0.991. The lowest BCUT2D eigenvalue weighted by molar-refractivity contribution is -0.152. The summed E-state index contributed by atoms with van der Waals surface area (Å²) in [6.45, 7) is 7.35. The average molecular weight is 508 g/mol. The maximum atomic E-state index is 13.7. The molecule has 0 amide bonds. The molecule has 0 atom stereocenters. The highest BCUT2D eigenvalue weighted by atomic mass is 32.2. The third-order valence-corrected chi connectivity index (χ3v) is 9.33. The van der Waals surface area contributed by atoms with Gasteiger partial charge in [0.15, 0.2) is 5.60 Å². The Morgan fingerprint density at radius 1 is 1.18 bits per heavy atom. The Bertz CT molecular complexity index is 1280. The molecule has 0 saturated carbocycles. The van der Waals surface area contributed by atoms with Gasteiger partial charge in [-0.25, -0.2) is 17.6 Å². The molecule has 6 nitrogen and oxygen atoms in total. The lowest BCUT2D eigenvalue weighted by Crippen LogP contribution is -2.37. The number of thiophene rings is 1. The second-order valence-electron chi connectivity index (χ2n) is 8.73. The van der Waals surface area contributed by atoms with E-state index >= 15 is 0 Å². The molecule has 9 heteroatoms. The van der Waals surface area contributed by atoms with Crippen molar-refractivity contribution in [2.75, 3.05) is 13.1 Å². The van der Waals surface area contributed by atoms with E-state index in [2.05, 4.69) is 0 Å². The molecule has 1 heterocycles. The number of aliphatic carboxylic acids is 1. The Labute approximate surface area is 204 Å². The Balaban J connectivity index is 1.74. The normalized spacial score (nSPS) is 12.4. The van der Waals surface area contributed by atoms with Crippen molar-refractivity contribution >= 4 is 37.4 Å². The number of carboxylic acids is 1. The summed E-state index contributed by atoms with van der Waals surface area (Å²) in [5, 5.41) is 9.90. The van der Waals surface area contributed by atoms with Crippen molar-refractivity contribution in [1.82, 2.24) is 4.31 Å². The molecule has 0 aliphatic rings. The van der Waals surface area contributed by atoms with Gasteiger partial charge in [-0.05, 0) is 86.9 Å². The van der Waals surface area contributed by atoms with Crippen molar-refractivity contribution < 1.29 is 27.4 Å². The van der Waals surface area contributed by atoms with E-state index in [0.29, 0.717) is 49.1 Å². The van der Waals surface area contributed by atoms with Crippen LogP contribution in [-0.4, -0.2) is 42.5 Å². The molecule has 0 unspecified atom stereocenters. The minimum Gasteiger partial charge on any atom is -0.478 e. The molecular weight excluding hydrogens is 477 g/mol. The van der Waals surface area contributed by atoms with E-state index in [1.54, 1.807) is 31.2 Å². The monoisotopic (exact) mass is 507 g/mol. The predicted octanol–water partition coefficient (Wildman–Crippen LogP) is 5.62. The number of benzene rings is 2. The summed E-state index contributed by atoms with van der Waals surface area (Å²) in [5.41, 5.74) is 0.155. The van der Waals surface area contributed by atoms with E-state index in [4.69, 9.17) is 4.74 Å². The second kappa shape index (κ2) is 10.4. The highest BCUT2D eigenvalue weighted by Gasteiger charge is 2.30. The Morgan fingerprint density at radius 3 is 2.59 bits per heavy atom. The fraction of sp³-hybridized carbons (Fsp3) is 0.400. The molecule has 0 aliphatic carbocycles. The molecule has 3 rings (SSSR count). The van der Waals surface area contributed by atoms with E-state index in [0.717, 1.165) is 10.3 Å². The average Bonchev–Trinajstić information content (AvgIpc) is 3.09. The van der Waals surface area contributed by atoms with Gasteiger partial charge in [0.05, 0.1) is 0 Å². The van der Waals surface area contributed by atoms with Crippen LogP contribution in [0, 0.1) is 12.7 Å². The van der Waals surface area contributed by atoms with E-state index < -0.39 is 21.6 Å². The van der Waals surface area contributed by atoms with Crippen LogP contribution in [0.3, 0.4) is 0 Å². The first-order chi connectivity index (χ1) is 16.0. The second-order valence-corrected chi connectivity index (χ2v) is 11.9. The van der Waals surface area contributed by atoms with E-state index in [1.807, 2.05) is 13.0 Å². The van der Waals surface area contributed by atoms with Gasteiger partial charge in [0.1, 0.15) is 15.8 Å². The number of halogens is 1. The van der Waals surface area contributed by atoms with Crippen molar-refractivity contribution in [2.24, 2.45) is 0 Å². The third kappa shape index (κ3) is 5.76. The molecule has 0 bridgehead atoms. The van der Waals surface area contributed by atoms with Gasteiger partial charge in [-0.2, -0.15) is 4.31 Å². The van der Waals surface area contributed by atoms with Crippen LogP contribution in [0.1, 0.15) is 44.7 Å². The zero-order chi connectivity index (χ0) is 25.1. The van der Waals surface area contributed by atoms with Crippen molar-refractivity contribution in [2.45, 2.75) is 56.8 Å². The van der Waals surface area contributed by atoms with Gasteiger partial charge in [-0.15, -0.1) is 11.3 Å². The predicted molar refractivity (Wildman–Crippen MR) is 133 cm³/mol. The Morgan fingerprint density at radius 2 is 1.91 bits per heavy atom. The summed E-state index contributed by atoms with van der Waals surface area (Å²) >= 11 is 1.17. The number of fused-ring (bicyclic) bond motifs is 1. The Hall–Kier alpha value is -2.49. The zero-order valence-electron chi connectivity index (χ0n) is 19.8. The summed E-state index contributed by atoms with van der Waals surface area (Å²) < 4.78 is 48.8. The van der Waals surface area contributed by atoms with Crippen LogP contribution in [0.25, 0.3) is 10.1 Å². The molecule has 0 fully saturated rings. The summed E-state index contributed by atoms with van der Waals surface area (Å²) in [6, 6.07) is 11.5. The number of ether oxygens (including phenoxy) is 1. The number of aryl methyl sites for hydroxylation is 2. The fourth-order valence-electron chi connectivity index (χ4n) is 3.70. The molecule has 0 aliphatic heterocycles. The molecule has 1 aromatic heterocycles. The first-order valence-corrected chi connectivity index (χ1v) is 13.4. The quantitative estimate of drug-likeness (QED) is 0.364. The highest BCUT2D eigenvalue weighted by Crippen LogP contribution is 2.36. The first kappa shape index (κ1) is 26.1. The molecule has 1 N–H and O–H groups in total. The van der Waals surface area contributed by atoms with E-state index in [-0.39, 0.29) is 10.0 Å². The number of rotatable bonds is 11. The van der Waals surface area contributed by atoms with Gasteiger partial charge >= 0.3 is 5.97 Å². The van der Waals surface area contributed by atoms with Gasteiger partial charge in [-0.3, -0.25) is 0 Å². The van der Waals surface area contributed by atoms with Crippen LogP contribution in [0.2, 0.25) is 0 Å². The number of hydrogen-bond donors (Lipinski definition) is 1. The Kier molecular flexibility index (Phi) is 8.00. The molecular formula is C25H30FNO5S2. The highest BCUT2D eigenvalue weighted by molar-refractivity contribution is 7.91. The number of hydrogen-bond acceptors (Lipinski definition) is 5. The maximum absolute atomic E-state index is 13.7.